The van der Waals surface area contributed by atoms with Crippen molar-refractivity contribution >= 4 is 29.0 Å². The first-order chi connectivity index (χ1) is 8.54. The Morgan fingerprint density at radius 2 is 2.11 bits per heavy atom. The second-order valence-corrected chi connectivity index (χ2v) is 4.27. The normalized spacial score (nSPS) is 11.1. The molecule has 4 nitrogen and oxygen atoms in total. The number of benzene rings is 1. The maximum Gasteiger partial charge on any atom is 0.334 e. The molecule has 96 valence electrons. The van der Waals surface area contributed by atoms with E-state index in [4.69, 9.17) is 5.73 Å². The fourth-order valence-corrected chi connectivity index (χ4v) is 1.72. The van der Waals surface area contributed by atoms with E-state index in [1.54, 1.807) is 12.1 Å². The van der Waals surface area contributed by atoms with Gasteiger partial charge in [0.2, 0.25) is 0 Å². The second kappa shape index (κ2) is 6.80. The summed E-state index contributed by atoms with van der Waals surface area (Å²) in [4.78, 5) is 22.1. The highest BCUT2D eigenvalue weighted by atomic mass is 32.2. The third kappa shape index (κ3) is 4.21. The van der Waals surface area contributed by atoms with Gasteiger partial charge in [-0.1, -0.05) is 30.0 Å². The molecule has 1 aromatic rings. The van der Waals surface area contributed by atoms with Crippen molar-refractivity contribution in [3.05, 3.63) is 41.2 Å². The molecule has 0 bridgehead atoms. The number of carbonyl (C=O) groups excluding carboxylic acids is 2. The van der Waals surface area contributed by atoms with Crippen LogP contribution in [0.4, 0.5) is 9.18 Å². The summed E-state index contributed by atoms with van der Waals surface area (Å²) in [7, 11) is 1.21. The number of amides is 1. The molecule has 1 amide bonds. The van der Waals surface area contributed by atoms with E-state index in [2.05, 4.69) is 4.74 Å². The molecule has 0 fully saturated rings. The molecule has 6 heteroatoms. The third-order valence-electron chi connectivity index (χ3n) is 2.05. The van der Waals surface area contributed by atoms with Crippen molar-refractivity contribution in [2.45, 2.75) is 0 Å². The molecule has 2 N–H and O–H groups in total. The minimum Gasteiger partial charge on any atom is -0.466 e. The van der Waals surface area contributed by atoms with E-state index in [0.717, 1.165) is 11.8 Å². The number of methoxy groups -OCH3 is 1. The first-order valence-corrected chi connectivity index (χ1v) is 5.98. The predicted molar refractivity (Wildman–Crippen MR) is 68.4 cm³/mol. The Kier molecular flexibility index (Phi) is 5.38. The Morgan fingerprint density at radius 3 is 2.67 bits per heavy atom. The van der Waals surface area contributed by atoms with Crippen molar-refractivity contribution in [1.82, 2.24) is 0 Å². The number of carbonyl (C=O) groups is 2. The Morgan fingerprint density at radius 1 is 1.44 bits per heavy atom. The molecule has 0 atom stereocenters. The highest BCUT2D eigenvalue weighted by Crippen LogP contribution is 2.16. The molecule has 0 heterocycles. The van der Waals surface area contributed by atoms with Crippen LogP contribution in [0.25, 0.3) is 6.08 Å². The van der Waals surface area contributed by atoms with Gasteiger partial charge in [0.1, 0.15) is 5.82 Å². The summed E-state index contributed by atoms with van der Waals surface area (Å²) < 4.78 is 18.0. The zero-order chi connectivity index (χ0) is 13.5. The van der Waals surface area contributed by atoms with Gasteiger partial charge in [-0.2, -0.15) is 0 Å². The van der Waals surface area contributed by atoms with Crippen molar-refractivity contribution in [2.24, 2.45) is 5.73 Å². The summed E-state index contributed by atoms with van der Waals surface area (Å²) in [5.74, 6) is -1.04. The first kappa shape index (κ1) is 14.2. The topological polar surface area (TPSA) is 69.4 Å². The van der Waals surface area contributed by atoms with Crippen LogP contribution in [0.3, 0.4) is 0 Å². The lowest BCUT2D eigenvalue weighted by Crippen LogP contribution is -2.10. The van der Waals surface area contributed by atoms with Crippen LogP contribution in [0.1, 0.15) is 5.56 Å². The summed E-state index contributed by atoms with van der Waals surface area (Å²) in [6.45, 7) is 0. The van der Waals surface area contributed by atoms with Gasteiger partial charge < -0.3 is 10.5 Å². The van der Waals surface area contributed by atoms with Gasteiger partial charge in [0, 0.05) is 16.9 Å². The maximum absolute atomic E-state index is 13.4. The van der Waals surface area contributed by atoms with Gasteiger partial charge in [0.05, 0.1) is 7.11 Å². The van der Waals surface area contributed by atoms with Crippen LogP contribution < -0.4 is 5.73 Å². The van der Waals surface area contributed by atoms with E-state index in [-0.39, 0.29) is 16.9 Å². The average molecular weight is 269 g/mol. The van der Waals surface area contributed by atoms with E-state index >= 15 is 0 Å². The van der Waals surface area contributed by atoms with Crippen LogP contribution in [-0.4, -0.2) is 24.1 Å². The average Bonchev–Trinajstić information content (AvgIpc) is 2.35. The number of rotatable bonds is 4. The zero-order valence-corrected chi connectivity index (χ0v) is 10.5. The summed E-state index contributed by atoms with van der Waals surface area (Å²) in [5.41, 5.74) is 5.40. The van der Waals surface area contributed by atoms with Crippen LogP contribution in [-0.2, 0) is 9.53 Å². The van der Waals surface area contributed by atoms with E-state index in [1.807, 2.05) is 0 Å². The minimum atomic E-state index is -0.619. The SMILES string of the molecule is COC(=O)/C(=C/c1ccccc1F)CSC(N)=O. The molecule has 0 spiro atoms. The van der Waals surface area contributed by atoms with Gasteiger partial charge >= 0.3 is 5.97 Å². The Hall–Kier alpha value is -1.82. The number of nitrogens with two attached hydrogens (primary N) is 1. The molecule has 0 radical (unpaired) electrons. The summed E-state index contributed by atoms with van der Waals surface area (Å²) in [6, 6.07) is 5.99. The van der Waals surface area contributed by atoms with Gasteiger partial charge in [-0.15, -0.1) is 0 Å². The fraction of sp³-hybridized carbons (Fsp3) is 0.167. The van der Waals surface area contributed by atoms with E-state index in [9.17, 15) is 14.0 Å². The molecule has 0 aliphatic rings. The first-order valence-electron chi connectivity index (χ1n) is 5.00. The van der Waals surface area contributed by atoms with Crippen molar-refractivity contribution in [3.63, 3.8) is 0 Å². The molecule has 0 unspecified atom stereocenters. The number of ether oxygens (including phenoxy) is 1. The molecule has 0 aliphatic carbocycles. The number of primary amides is 1. The van der Waals surface area contributed by atoms with Crippen molar-refractivity contribution in [3.8, 4) is 0 Å². The molecular formula is C12H12FNO3S. The molecular weight excluding hydrogens is 257 g/mol. The molecule has 0 aromatic heterocycles. The minimum absolute atomic E-state index is 0.0380. The van der Waals surface area contributed by atoms with Crippen molar-refractivity contribution in [2.75, 3.05) is 12.9 Å². The summed E-state index contributed by atoms with van der Waals surface area (Å²) in [6.07, 6.45) is 1.34. The Balaban J connectivity index is 2.98. The lowest BCUT2D eigenvalue weighted by atomic mass is 10.1. The molecule has 1 rings (SSSR count). The molecule has 0 saturated carbocycles. The molecule has 18 heavy (non-hydrogen) atoms. The lowest BCUT2D eigenvalue weighted by Gasteiger charge is -2.04. The van der Waals surface area contributed by atoms with Crippen molar-refractivity contribution in [1.29, 1.82) is 0 Å². The van der Waals surface area contributed by atoms with Gasteiger partial charge in [-0.05, 0) is 12.1 Å². The highest BCUT2D eigenvalue weighted by molar-refractivity contribution is 8.13. The monoisotopic (exact) mass is 269 g/mol. The quantitative estimate of drug-likeness (QED) is 0.672. The van der Waals surface area contributed by atoms with Crippen molar-refractivity contribution < 1.29 is 18.7 Å². The molecule has 0 aliphatic heterocycles. The van der Waals surface area contributed by atoms with Gasteiger partial charge in [0.25, 0.3) is 5.24 Å². The highest BCUT2D eigenvalue weighted by Gasteiger charge is 2.12. The van der Waals surface area contributed by atoms with Gasteiger partial charge in [-0.3, -0.25) is 4.79 Å². The number of halogens is 1. The largest absolute Gasteiger partial charge is 0.466 e. The van der Waals surface area contributed by atoms with E-state index < -0.39 is 17.0 Å². The Labute approximate surface area is 108 Å². The van der Waals surface area contributed by atoms with E-state index in [0.29, 0.717) is 0 Å². The lowest BCUT2D eigenvalue weighted by molar-refractivity contribution is -0.135. The maximum atomic E-state index is 13.4. The van der Waals surface area contributed by atoms with Crippen LogP contribution in [0.2, 0.25) is 0 Å². The fourth-order valence-electron chi connectivity index (χ4n) is 1.22. The number of hydrogen-bond acceptors (Lipinski definition) is 4. The van der Waals surface area contributed by atoms with Gasteiger partial charge in [-0.25, -0.2) is 9.18 Å². The Bertz CT molecular complexity index is 488. The summed E-state index contributed by atoms with van der Waals surface area (Å²) in [5, 5.41) is -0.613. The van der Waals surface area contributed by atoms with E-state index in [1.165, 1.54) is 25.3 Å². The smallest absolute Gasteiger partial charge is 0.334 e. The van der Waals surface area contributed by atoms with Gasteiger partial charge in [0.15, 0.2) is 0 Å². The molecule has 1 aromatic carbocycles. The second-order valence-electron chi connectivity index (χ2n) is 3.29. The zero-order valence-electron chi connectivity index (χ0n) is 9.68. The van der Waals surface area contributed by atoms with Crippen LogP contribution in [0.15, 0.2) is 29.8 Å². The number of thioether (sulfide) groups is 1. The summed E-state index contributed by atoms with van der Waals surface area (Å²) >= 11 is 0.755. The van der Waals surface area contributed by atoms with Crippen LogP contribution >= 0.6 is 11.8 Å². The third-order valence-corrected chi connectivity index (χ3v) is 2.79. The van der Waals surface area contributed by atoms with Crippen LogP contribution in [0.5, 0.6) is 0 Å². The number of esters is 1. The standard InChI is InChI=1S/C12H12FNO3S/c1-17-11(15)9(7-18-12(14)16)6-8-4-2-3-5-10(8)13/h2-6H,7H2,1H3,(H2,14,16)/b9-6+. The number of hydrogen-bond donors (Lipinski definition) is 1. The predicted octanol–water partition coefficient (Wildman–Crippen LogP) is 2.19. The molecule has 0 saturated heterocycles. The van der Waals surface area contributed by atoms with Crippen LogP contribution in [0, 0.1) is 5.82 Å².